The van der Waals surface area contributed by atoms with Crippen LogP contribution in [0.2, 0.25) is 5.02 Å². The number of carbonyl (C=O) groups is 2. The first-order valence-electron chi connectivity index (χ1n) is 17.8. The first-order chi connectivity index (χ1) is 24.9. The van der Waals surface area contributed by atoms with E-state index in [9.17, 15) is 9.59 Å². The third-order valence-electron chi connectivity index (χ3n) is 9.15. The van der Waals surface area contributed by atoms with Gasteiger partial charge in [0.25, 0.3) is 0 Å². The van der Waals surface area contributed by atoms with Crippen LogP contribution in [0, 0.1) is 0 Å². The summed E-state index contributed by atoms with van der Waals surface area (Å²) in [7, 11) is 0. The van der Waals surface area contributed by atoms with Crippen molar-refractivity contribution in [1.29, 1.82) is 0 Å². The van der Waals surface area contributed by atoms with Gasteiger partial charge in [-0.25, -0.2) is 14.8 Å². The van der Waals surface area contributed by atoms with Gasteiger partial charge >= 0.3 is 11.9 Å². The van der Waals surface area contributed by atoms with Crippen LogP contribution in [0.5, 0.6) is 5.75 Å². The Labute approximate surface area is 303 Å². The summed E-state index contributed by atoms with van der Waals surface area (Å²) >= 11 is 6.12. The Hall–Kier alpha value is -4.73. The Kier molecular flexibility index (Phi) is 12.4. The third kappa shape index (κ3) is 9.34. The number of unbranched alkanes of at least 4 members (excludes halogenated alkanes) is 1. The van der Waals surface area contributed by atoms with Crippen molar-refractivity contribution in [3.05, 3.63) is 112 Å². The monoisotopic (exact) mass is 709 g/mol. The topological polar surface area (TPSA) is 104 Å². The smallest absolute Gasteiger partial charge is 0.356 e. The zero-order valence-corrected chi connectivity index (χ0v) is 30.0. The Morgan fingerprint density at radius 1 is 0.922 bits per heavy atom. The number of fused-ring (bicyclic) bond motifs is 2. The summed E-state index contributed by atoms with van der Waals surface area (Å²) in [6, 6.07) is 25.6. The summed E-state index contributed by atoms with van der Waals surface area (Å²) in [6.07, 6.45) is 5.63. The number of hydrogen-bond acceptors (Lipinski definition) is 9. The normalized spacial score (nSPS) is 14.0. The first kappa shape index (κ1) is 36.1. The minimum Gasteiger partial charge on any atom is -0.489 e. The summed E-state index contributed by atoms with van der Waals surface area (Å²) < 4.78 is 22.7. The van der Waals surface area contributed by atoms with Crippen LogP contribution in [-0.4, -0.2) is 53.1 Å². The standard InChI is InChI=1S/C41H44ClN3O6/c1-3-48-39(46)14-7-8-24-45(36-12-9-11-33-32(36)20-21-34(43-33)41(47)49-4-2)25-23-29-10-5-6-13-37(29)50-27-28-15-17-30(18-16-28)40-44-35-26-31(42)19-22-38(35)51-40/h5-6,10,13,15-22,26,36H,3-4,7-9,11-12,14,23-25,27H2,1-2H3. The highest BCUT2D eigenvalue weighted by Crippen LogP contribution is 2.35. The molecule has 0 spiro atoms. The van der Waals surface area contributed by atoms with Crippen LogP contribution in [0.3, 0.4) is 0 Å². The van der Waals surface area contributed by atoms with Gasteiger partial charge in [0, 0.05) is 35.3 Å². The van der Waals surface area contributed by atoms with E-state index in [0.29, 0.717) is 48.4 Å². The Morgan fingerprint density at radius 2 is 1.75 bits per heavy atom. The number of hydrogen-bond donors (Lipinski definition) is 0. The zero-order valence-electron chi connectivity index (χ0n) is 29.2. The number of benzene rings is 3. The number of halogens is 1. The van der Waals surface area contributed by atoms with Crippen molar-refractivity contribution < 1.29 is 28.2 Å². The van der Waals surface area contributed by atoms with Crippen molar-refractivity contribution >= 4 is 34.6 Å². The number of aromatic nitrogens is 2. The lowest BCUT2D eigenvalue weighted by Crippen LogP contribution is -2.34. The highest BCUT2D eigenvalue weighted by molar-refractivity contribution is 6.31. The van der Waals surface area contributed by atoms with Crippen LogP contribution >= 0.6 is 11.6 Å². The van der Waals surface area contributed by atoms with E-state index in [1.807, 2.05) is 61.5 Å². The number of aryl methyl sites for hydroxylation is 1. The van der Waals surface area contributed by atoms with Crippen LogP contribution in [-0.2, 0) is 33.7 Å². The van der Waals surface area contributed by atoms with Gasteiger partial charge in [0.15, 0.2) is 5.58 Å². The second kappa shape index (κ2) is 17.5. The maximum atomic E-state index is 12.4. The van der Waals surface area contributed by atoms with Crippen molar-refractivity contribution in [2.45, 2.75) is 71.4 Å². The molecule has 0 aliphatic heterocycles. The van der Waals surface area contributed by atoms with Gasteiger partial charge in [0.05, 0.1) is 13.2 Å². The average Bonchev–Trinajstić information content (AvgIpc) is 3.57. The molecule has 2 heterocycles. The quantitative estimate of drug-likeness (QED) is 0.0734. The highest BCUT2D eigenvalue weighted by atomic mass is 35.5. The second-order valence-electron chi connectivity index (χ2n) is 12.6. The van der Waals surface area contributed by atoms with Crippen molar-refractivity contribution in [3.8, 4) is 17.2 Å². The Bertz CT molecular complexity index is 1940. The highest BCUT2D eigenvalue weighted by Gasteiger charge is 2.28. The molecule has 9 nitrogen and oxygen atoms in total. The second-order valence-corrected chi connectivity index (χ2v) is 13.1. The predicted molar refractivity (Wildman–Crippen MR) is 197 cm³/mol. The molecule has 51 heavy (non-hydrogen) atoms. The van der Waals surface area contributed by atoms with Gasteiger partial charge in [-0.1, -0.05) is 48.0 Å². The minimum atomic E-state index is -0.389. The summed E-state index contributed by atoms with van der Waals surface area (Å²) in [4.78, 5) is 36.3. The number of pyridine rings is 1. The van der Waals surface area contributed by atoms with E-state index < -0.39 is 0 Å². The largest absolute Gasteiger partial charge is 0.489 e. The Balaban J connectivity index is 1.13. The van der Waals surface area contributed by atoms with Gasteiger partial charge in [0.2, 0.25) is 5.89 Å². The summed E-state index contributed by atoms with van der Waals surface area (Å²) in [6.45, 7) is 6.38. The zero-order chi connectivity index (χ0) is 35.6. The molecule has 2 aromatic heterocycles. The molecule has 0 amide bonds. The molecular formula is C41H44ClN3O6. The minimum absolute atomic E-state index is 0.153. The molecule has 1 unspecified atom stereocenters. The number of rotatable bonds is 16. The summed E-state index contributed by atoms with van der Waals surface area (Å²) in [5, 5.41) is 0.622. The molecule has 1 atom stereocenters. The number of para-hydroxylation sites is 1. The van der Waals surface area contributed by atoms with E-state index >= 15 is 0 Å². The van der Waals surface area contributed by atoms with Crippen molar-refractivity contribution in [2.24, 2.45) is 0 Å². The van der Waals surface area contributed by atoms with Crippen LogP contribution < -0.4 is 4.74 Å². The molecule has 5 aromatic rings. The predicted octanol–water partition coefficient (Wildman–Crippen LogP) is 8.95. The molecule has 1 aliphatic rings. The van der Waals surface area contributed by atoms with E-state index in [0.717, 1.165) is 90.8 Å². The maximum absolute atomic E-state index is 12.4. The molecule has 0 saturated heterocycles. The molecular weight excluding hydrogens is 666 g/mol. The van der Waals surface area contributed by atoms with E-state index in [-0.39, 0.29) is 18.0 Å². The number of carbonyl (C=O) groups excluding carboxylic acids is 2. The molecule has 10 heteroatoms. The first-order valence-corrected chi connectivity index (χ1v) is 18.2. The molecule has 0 fully saturated rings. The molecule has 0 radical (unpaired) electrons. The van der Waals surface area contributed by atoms with Crippen molar-refractivity contribution in [3.63, 3.8) is 0 Å². The lowest BCUT2D eigenvalue weighted by Gasteiger charge is -2.36. The van der Waals surface area contributed by atoms with Crippen LogP contribution in [0.15, 0.2) is 83.3 Å². The fourth-order valence-electron chi connectivity index (χ4n) is 6.62. The van der Waals surface area contributed by atoms with E-state index in [1.165, 1.54) is 0 Å². The van der Waals surface area contributed by atoms with Crippen molar-refractivity contribution in [1.82, 2.24) is 14.9 Å². The number of ether oxygens (including phenoxy) is 3. The molecule has 0 N–H and O–H groups in total. The van der Waals surface area contributed by atoms with Gasteiger partial charge in [-0.3, -0.25) is 9.69 Å². The lowest BCUT2D eigenvalue weighted by atomic mass is 9.89. The van der Waals surface area contributed by atoms with E-state index in [1.54, 1.807) is 25.1 Å². The van der Waals surface area contributed by atoms with Gasteiger partial charge in [-0.15, -0.1) is 0 Å². The van der Waals surface area contributed by atoms with Gasteiger partial charge < -0.3 is 18.6 Å². The fraction of sp³-hybridized carbons (Fsp3) is 0.366. The SMILES string of the molecule is CCOC(=O)CCCCN(CCc1ccccc1OCc1ccc(-c2nc3cc(Cl)ccc3o2)cc1)C1CCCc2nc(C(=O)OCC)ccc21. The summed E-state index contributed by atoms with van der Waals surface area (Å²) in [5.41, 5.74) is 6.94. The average molecular weight is 710 g/mol. The number of oxazole rings is 1. The maximum Gasteiger partial charge on any atom is 0.356 e. The number of nitrogens with zero attached hydrogens (tertiary/aromatic N) is 3. The number of esters is 2. The Morgan fingerprint density at radius 3 is 2.57 bits per heavy atom. The van der Waals surface area contributed by atoms with Crippen molar-refractivity contribution in [2.75, 3.05) is 26.3 Å². The van der Waals surface area contributed by atoms with Gasteiger partial charge in [0.1, 0.15) is 23.6 Å². The van der Waals surface area contributed by atoms with Crippen LogP contribution in [0.1, 0.15) is 84.9 Å². The van der Waals surface area contributed by atoms with Crippen LogP contribution in [0.4, 0.5) is 0 Å². The van der Waals surface area contributed by atoms with E-state index in [4.69, 9.17) is 35.2 Å². The molecule has 0 saturated carbocycles. The molecule has 6 rings (SSSR count). The fourth-order valence-corrected chi connectivity index (χ4v) is 6.78. The van der Waals surface area contributed by atoms with Gasteiger partial charge in [-0.2, -0.15) is 0 Å². The molecule has 266 valence electrons. The van der Waals surface area contributed by atoms with Crippen LogP contribution in [0.25, 0.3) is 22.6 Å². The molecule has 3 aromatic carbocycles. The summed E-state index contributed by atoms with van der Waals surface area (Å²) in [5.74, 6) is 0.857. The molecule has 1 aliphatic carbocycles. The third-order valence-corrected chi connectivity index (χ3v) is 9.39. The lowest BCUT2D eigenvalue weighted by molar-refractivity contribution is -0.143. The molecule has 0 bridgehead atoms. The van der Waals surface area contributed by atoms with E-state index in [2.05, 4.69) is 16.0 Å². The van der Waals surface area contributed by atoms with Gasteiger partial charge in [-0.05, 0) is 118 Å².